The van der Waals surface area contributed by atoms with Crippen molar-refractivity contribution in [2.24, 2.45) is 5.92 Å². The van der Waals surface area contributed by atoms with Crippen LogP contribution < -0.4 is 4.90 Å². The van der Waals surface area contributed by atoms with Crippen LogP contribution in [0.25, 0.3) is 0 Å². The number of likely N-dealkylation sites (tertiary alicyclic amines) is 1. The first-order valence-electron chi connectivity index (χ1n) is 10.9. The Balaban J connectivity index is 1.53. The summed E-state index contributed by atoms with van der Waals surface area (Å²) in [4.78, 5) is 34.8. The molecule has 0 unspecified atom stereocenters. The second-order valence-electron chi connectivity index (χ2n) is 8.58. The molecular weight excluding hydrogens is 449 g/mol. The van der Waals surface area contributed by atoms with Gasteiger partial charge < -0.3 is 14.5 Å². The summed E-state index contributed by atoms with van der Waals surface area (Å²) >= 11 is 5.79. The smallest absolute Gasteiger partial charge is 0.381 e. The number of pyridine rings is 1. The lowest BCUT2D eigenvalue weighted by molar-refractivity contribution is -0.141. The number of anilines is 1. The maximum absolute atomic E-state index is 13.5. The van der Waals surface area contributed by atoms with E-state index in [0.29, 0.717) is 38.4 Å². The lowest BCUT2D eigenvalue weighted by Gasteiger charge is -2.43. The number of ether oxygens (including phenoxy) is 1. The van der Waals surface area contributed by atoms with Gasteiger partial charge >= 0.3 is 12.2 Å². The molecule has 3 aliphatic heterocycles. The summed E-state index contributed by atoms with van der Waals surface area (Å²) in [6, 6.07) is 0.438. The predicted octanol–water partition coefficient (Wildman–Crippen LogP) is 3.80. The molecule has 176 valence electrons. The molecule has 3 amide bonds. The Morgan fingerprint density at radius 3 is 2.44 bits per heavy atom. The zero-order valence-corrected chi connectivity index (χ0v) is 18.6. The van der Waals surface area contributed by atoms with Crippen molar-refractivity contribution in [3.8, 4) is 0 Å². The Morgan fingerprint density at radius 1 is 1.22 bits per heavy atom. The number of imide groups is 1. The molecule has 0 radical (unpaired) electrons. The van der Waals surface area contributed by atoms with E-state index in [1.165, 1.54) is 4.90 Å². The van der Waals surface area contributed by atoms with Crippen LogP contribution in [-0.4, -0.2) is 71.7 Å². The summed E-state index contributed by atoms with van der Waals surface area (Å²) in [6.07, 6.45) is -0.828. The molecule has 0 saturated carbocycles. The van der Waals surface area contributed by atoms with Crippen molar-refractivity contribution < 1.29 is 27.5 Å². The second-order valence-corrected chi connectivity index (χ2v) is 8.98. The number of rotatable bonds is 4. The van der Waals surface area contributed by atoms with E-state index in [0.717, 1.165) is 49.8 Å². The van der Waals surface area contributed by atoms with Crippen LogP contribution in [0.4, 0.5) is 23.7 Å². The highest BCUT2D eigenvalue weighted by molar-refractivity contribution is 6.32. The minimum atomic E-state index is -4.72. The van der Waals surface area contributed by atoms with Gasteiger partial charge in [-0.05, 0) is 44.6 Å². The van der Waals surface area contributed by atoms with Crippen LogP contribution >= 0.6 is 11.6 Å². The van der Waals surface area contributed by atoms with E-state index in [1.54, 1.807) is 6.92 Å². The summed E-state index contributed by atoms with van der Waals surface area (Å²) in [5, 5.41) is -0.647. The molecule has 7 nitrogen and oxygen atoms in total. The lowest BCUT2D eigenvalue weighted by atomic mass is 9.85. The SMILES string of the molecule is CCN1C(=O)N(c2cnc(C(F)(F)F)c(Cl)c2)C(=O)C12CCN(CC1CCOCC1)CC2. The highest BCUT2D eigenvalue weighted by Gasteiger charge is 2.58. The Labute approximate surface area is 189 Å². The maximum atomic E-state index is 13.5. The first-order valence-corrected chi connectivity index (χ1v) is 11.2. The van der Waals surface area contributed by atoms with Gasteiger partial charge in [-0.3, -0.25) is 4.79 Å². The van der Waals surface area contributed by atoms with E-state index >= 15 is 0 Å². The van der Waals surface area contributed by atoms with Crippen molar-refractivity contribution in [3.63, 3.8) is 0 Å². The highest BCUT2D eigenvalue weighted by atomic mass is 35.5. The molecule has 11 heteroatoms. The van der Waals surface area contributed by atoms with Crippen LogP contribution in [0.15, 0.2) is 12.3 Å². The number of carbonyl (C=O) groups excluding carboxylic acids is 2. The molecule has 4 heterocycles. The molecule has 3 aliphatic rings. The average Bonchev–Trinajstić information content (AvgIpc) is 2.95. The van der Waals surface area contributed by atoms with E-state index in [1.807, 2.05) is 0 Å². The van der Waals surface area contributed by atoms with Crippen molar-refractivity contribution in [1.29, 1.82) is 0 Å². The summed E-state index contributed by atoms with van der Waals surface area (Å²) in [5.74, 6) is 0.144. The summed E-state index contributed by atoms with van der Waals surface area (Å²) in [5.41, 5.74) is -2.28. The molecule has 0 bridgehead atoms. The highest BCUT2D eigenvalue weighted by Crippen LogP contribution is 2.41. The predicted molar refractivity (Wildman–Crippen MR) is 111 cm³/mol. The van der Waals surface area contributed by atoms with E-state index < -0.39 is 34.4 Å². The molecule has 1 spiro atoms. The van der Waals surface area contributed by atoms with Crippen LogP contribution in [0.3, 0.4) is 0 Å². The van der Waals surface area contributed by atoms with E-state index in [2.05, 4.69) is 9.88 Å². The zero-order valence-electron chi connectivity index (χ0n) is 17.8. The van der Waals surface area contributed by atoms with E-state index in [4.69, 9.17) is 16.3 Å². The number of piperidine rings is 1. The van der Waals surface area contributed by atoms with Gasteiger partial charge in [-0.2, -0.15) is 13.2 Å². The number of carbonyl (C=O) groups is 2. The second kappa shape index (κ2) is 8.79. The van der Waals surface area contributed by atoms with Gasteiger partial charge in [0.15, 0.2) is 5.69 Å². The number of amides is 3. The fourth-order valence-corrected chi connectivity index (χ4v) is 5.29. The summed E-state index contributed by atoms with van der Waals surface area (Å²) < 4.78 is 44.4. The van der Waals surface area contributed by atoms with Crippen molar-refractivity contribution in [2.45, 2.75) is 44.3 Å². The lowest BCUT2D eigenvalue weighted by Crippen LogP contribution is -2.57. The Bertz CT molecular complexity index is 884. The quantitative estimate of drug-likeness (QED) is 0.621. The van der Waals surface area contributed by atoms with Gasteiger partial charge in [0.1, 0.15) is 5.54 Å². The number of hydrogen-bond donors (Lipinski definition) is 0. The zero-order chi connectivity index (χ0) is 23.1. The van der Waals surface area contributed by atoms with Gasteiger partial charge in [-0.1, -0.05) is 11.6 Å². The van der Waals surface area contributed by atoms with Crippen molar-refractivity contribution in [3.05, 3.63) is 23.0 Å². The van der Waals surface area contributed by atoms with Crippen LogP contribution in [0.2, 0.25) is 5.02 Å². The van der Waals surface area contributed by atoms with Crippen LogP contribution in [0.5, 0.6) is 0 Å². The molecule has 1 aromatic heterocycles. The summed E-state index contributed by atoms with van der Waals surface area (Å²) in [7, 11) is 0. The third-order valence-corrected chi connectivity index (χ3v) is 7.04. The number of urea groups is 1. The Morgan fingerprint density at radius 2 is 1.88 bits per heavy atom. The first-order chi connectivity index (χ1) is 15.2. The molecule has 3 fully saturated rings. The molecule has 0 N–H and O–H groups in total. The standard InChI is InChI=1S/C21H26ClF3N4O3/c1-2-28-19(31)29(15-11-16(22)17(26-12-15)21(23,24)25)18(30)20(28)5-7-27(8-6-20)13-14-3-9-32-10-4-14/h11-12,14H,2-10,13H2,1H3. The van der Waals surface area contributed by atoms with Crippen LogP contribution in [0, 0.1) is 5.92 Å². The number of halogens is 4. The van der Waals surface area contributed by atoms with Gasteiger partial charge in [0.05, 0.1) is 16.9 Å². The average molecular weight is 475 g/mol. The molecule has 32 heavy (non-hydrogen) atoms. The molecule has 0 atom stereocenters. The van der Waals surface area contributed by atoms with Gasteiger partial charge in [-0.25, -0.2) is 14.7 Å². The number of likely N-dealkylation sites (N-methyl/N-ethyl adjacent to an activating group) is 1. The van der Waals surface area contributed by atoms with Gasteiger partial charge in [0, 0.05) is 39.4 Å². The largest absolute Gasteiger partial charge is 0.434 e. The number of aromatic nitrogens is 1. The van der Waals surface area contributed by atoms with Crippen molar-refractivity contribution >= 4 is 29.2 Å². The monoisotopic (exact) mass is 474 g/mol. The minimum Gasteiger partial charge on any atom is -0.381 e. The number of alkyl halides is 3. The fraction of sp³-hybridized carbons (Fsp3) is 0.667. The summed E-state index contributed by atoms with van der Waals surface area (Å²) in [6.45, 7) is 5.95. The Hall–Kier alpha value is -1.91. The number of hydrogen-bond acceptors (Lipinski definition) is 5. The molecule has 0 aliphatic carbocycles. The minimum absolute atomic E-state index is 0.0436. The van der Waals surface area contributed by atoms with Crippen LogP contribution in [-0.2, 0) is 15.7 Å². The van der Waals surface area contributed by atoms with E-state index in [-0.39, 0.29) is 5.69 Å². The third kappa shape index (κ3) is 4.08. The van der Waals surface area contributed by atoms with E-state index in [9.17, 15) is 22.8 Å². The molecule has 4 rings (SSSR count). The van der Waals surface area contributed by atoms with Crippen molar-refractivity contribution in [2.75, 3.05) is 44.3 Å². The van der Waals surface area contributed by atoms with Crippen molar-refractivity contribution in [1.82, 2.24) is 14.8 Å². The molecule has 3 saturated heterocycles. The normalized spacial score (nSPS) is 22.9. The first kappa shape index (κ1) is 23.3. The molecule has 0 aromatic carbocycles. The topological polar surface area (TPSA) is 66.0 Å². The maximum Gasteiger partial charge on any atom is 0.434 e. The number of nitrogens with zero attached hydrogens (tertiary/aromatic N) is 4. The fourth-order valence-electron chi connectivity index (χ4n) is 5.02. The van der Waals surface area contributed by atoms with Crippen LogP contribution in [0.1, 0.15) is 38.3 Å². The van der Waals surface area contributed by atoms with Gasteiger partial charge in [-0.15, -0.1) is 0 Å². The Kier molecular flexibility index (Phi) is 6.39. The third-order valence-electron chi connectivity index (χ3n) is 6.75. The van der Waals surface area contributed by atoms with Gasteiger partial charge in [0.2, 0.25) is 0 Å². The molecular formula is C21H26ClF3N4O3. The molecule has 1 aromatic rings. The van der Waals surface area contributed by atoms with Gasteiger partial charge in [0.25, 0.3) is 5.91 Å².